The summed E-state index contributed by atoms with van der Waals surface area (Å²) >= 11 is 1.08. The molecule has 24 heavy (non-hydrogen) atoms. The molecule has 1 fully saturated rings. The van der Waals surface area contributed by atoms with Crippen molar-refractivity contribution in [3.05, 3.63) is 45.9 Å². The van der Waals surface area contributed by atoms with Crippen molar-refractivity contribution in [2.45, 2.75) is 24.7 Å². The maximum atomic E-state index is 13.2. The number of rotatable bonds is 4. The summed E-state index contributed by atoms with van der Waals surface area (Å²) in [6, 6.07) is 5.49. The zero-order valence-corrected chi connectivity index (χ0v) is 14.7. The van der Waals surface area contributed by atoms with E-state index in [2.05, 4.69) is 5.32 Å². The maximum absolute atomic E-state index is 13.2. The third-order valence-corrected chi connectivity index (χ3v) is 6.94. The molecule has 1 aliphatic heterocycles. The summed E-state index contributed by atoms with van der Waals surface area (Å²) in [5.74, 6) is -0.892. The monoisotopic (exact) mass is 368 g/mol. The van der Waals surface area contributed by atoms with Gasteiger partial charge in [-0.25, -0.2) is 12.8 Å². The number of hydrogen-bond acceptors (Lipinski definition) is 4. The first-order chi connectivity index (χ1) is 11.4. The molecule has 1 saturated heterocycles. The number of anilines is 1. The number of carbonyl (C=O) groups is 1. The van der Waals surface area contributed by atoms with E-state index in [4.69, 9.17) is 0 Å². The normalized spacial score (nSPS) is 15.6. The molecule has 2 heterocycles. The highest BCUT2D eigenvalue weighted by Crippen LogP contribution is 2.28. The Hall–Kier alpha value is -1.77. The third-order valence-electron chi connectivity index (χ3n) is 3.95. The molecule has 3 rings (SSSR count). The van der Waals surface area contributed by atoms with Crippen LogP contribution in [0.5, 0.6) is 0 Å². The number of aryl methyl sites for hydroxylation is 1. The van der Waals surface area contributed by atoms with Crippen molar-refractivity contribution in [1.29, 1.82) is 0 Å². The molecular formula is C16H17FN2O3S2. The number of carbonyl (C=O) groups excluding carboxylic acids is 1. The van der Waals surface area contributed by atoms with Gasteiger partial charge in [0.25, 0.3) is 5.91 Å². The van der Waals surface area contributed by atoms with Crippen LogP contribution in [0.1, 0.15) is 28.1 Å². The molecule has 0 saturated carbocycles. The smallest absolute Gasteiger partial charge is 0.267 e. The topological polar surface area (TPSA) is 66.5 Å². The highest BCUT2D eigenvalue weighted by molar-refractivity contribution is 7.89. The number of hydrogen-bond donors (Lipinski definition) is 1. The van der Waals surface area contributed by atoms with E-state index in [1.807, 2.05) is 0 Å². The fraction of sp³-hybridized carbons (Fsp3) is 0.312. The molecule has 5 nitrogen and oxygen atoms in total. The molecule has 0 bridgehead atoms. The van der Waals surface area contributed by atoms with Gasteiger partial charge in [-0.2, -0.15) is 4.31 Å². The number of nitrogens with one attached hydrogen (secondary N) is 1. The lowest BCUT2D eigenvalue weighted by Crippen LogP contribution is -2.29. The van der Waals surface area contributed by atoms with E-state index in [1.165, 1.54) is 28.6 Å². The zero-order valence-electron chi connectivity index (χ0n) is 13.1. The largest absolute Gasteiger partial charge is 0.321 e. The van der Waals surface area contributed by atoms with Crippen molar-refractivity contribution < 1.29 is 17.6 Å². The van der Waals surface area contributed by atoms with Gasteiger partial charge in [0.2, 0.25) is 10.0 Å². The Bertz CT molecular complexity index is 871. The molecule has 0 radical (unpaired) electrons. The molecule has 0 spiro atoms. The first-order valence-electron chi connectivity index (χ1n) is 7.55. The highest BCUT2D eigenvalue weighted by Gasteiger charge is 2.31. The lowest BCUT2D eigenvalue weighted by Gasteiger charge is -2.16. The minimum absolute atomic E-state index is 0.0339. The second kappa shape index (κ2) is 6.62. The van der Waals surface area contributed by atoms with E-state index >= 15 is 0 Å². The fourth-order valence-electron chi connectivity index (χ4n) is 2.68. The van der Waals surface area contributed by atoms with Crippen LogP contribution in [0, 0.1) is 12.7 Å². The summed E-state index contributed by atoms with van der Waals surface area (Å²) in [6.45, 7) is 2.64. The molecule has 8 heteroatoms. The Labute approximate surface area is 144 Å². The summed E-state index contributed by atoms with van der Waals surface area (Å²) in [4.78, 5) is 12.7. The number of nitrogens with zero attached hydrogens (tertiary/aromatic N) is 1. The van der Waals surface area contributed by atoms with E-state index < -0.39 is 15.9 Å². The molecule has 0 aliphatic carbocycles. The number of sulfonamides is 1. The average Bonchev–Trinajstić information content (AvgIpc) is 3.21. The lowest BCUT2D eigenvalue weighted by atomic mass is 10.2. The van der Waals surface area contributed by atoms with Gasteiger partial charge >= 0.3 is 0 Å². The van der Waals surface area contributed by atoms with Crippen molar-refractivity contribution in [3.8, 4) is 0 Å². The summed E-state index contributed by atoms with van der Waals surface area (Å²) < 4.78 is 39.9. The van der Waals surface area contributed by atoms with Gasteiger partial charge in [-0.15, -0.1) is 11.3 Å². The van der Waals surface area contributed by atoms with Crippen molar-refractivity contribution in [1.82, 2.24) is 4.31 Å². The van der Waals surface area contributed by atoms with Crippen LogP contribution in [0.3, 0.4) is 0 Å². The standard InChI is InChI=1S/C16H17FN2O3S2/c1-11-10-12(17)4-5-13(11)18-16(20)15-14(6-9-23-15)24(21,22)19-7-2-3-8-19/h4-6,9-10H,2-3,7-8H2,1H3,(H,18,20). The molecule has 0 unspecified atom stereocenters. The first kappa shape index (κ1) is 17.1. The van der Waals surface area contributed by atoms with Crippen molar-refractivity contribution >= 4 is 33.0 Å². The first-order valence-corrected chi connectivity index (χ1v) is 9.87. The number of amides is 1. The Morgan fingerprint density at radius 1 is 1.25 bits per heavy atom. The van der Waals surface area contributed by atoms with Crippen LogP contribution in [0.15, 0.2) is 34.5 Å². The van der Waals surface area contributed by atoms with Crippen molar-refractivity contribution in [3.63, 3.8) is 0 Å². The van der Waals surface area contributed by atoms with Crippen LogP contribution in [0.2, 0.25) is 0 Å². The van der Waals surface area contributed by atoms with E-state index in [0.29, 0.717) is 24.3 Å². The second-order valence-electron chi connectivity index (χ2n) is 5.64. The van der Waals surface area contributed by atoms with Crippen molar-refractivity contribution in [2.24, 2.45) is 0 Å². The molecule has 1 aromatic heterocycles. The minimum Gasteiger partial charge on any atom is -0.321 e. The SMILES string of the molecule is Cc1cc(F)ccc1NC(=O)c1sccc1S(=O)(=O)N1CCCC1. The van der Waals surface area contributed by atoms with Gasteiger partial charge in [0.1, 0.15) is 15.6 Å². The number of halogens is 1. The fourth-order valence-corrected chi connectivity index (χ4v) is 5.49. The van der Waals surface area contributed by atoms with Crippen LogP contribution < -0.4 is 5.32 Å². The van der Waals surface area contributed by atoms with Crippen LogP contribution >= 0.6 is 11.3 Å². The van der Waals surface area contributed by atoms with Gasteiger partial charge in [-0.1, -0.05) is 0 Å². The van der Waals surface area contributed by atoms with Crippen LogP contribution in [-0.2, 0) is 10.0 Å². The second-order valence-corrected chi connectivity index (χ2v) is 8.46. The Balaban J connectivity index is 1.88. The summed E-state index contributed by atoms with van der Waals surface area (Å²) in [5.41, 5.74) is 1.03. The average molecular weight is 368 g/mol. The number of thiophene rings is 1. The lowest BCUT2D eigenvalue weighted by molar-refractivity contribution is 0.102. The molecular weight excluding hydrogens is 351 g/mol. The third kappa shape index (κ3) is 3.22. The molecule has 1 aromatic carbocycles. The van der Waals surface area contributed by atoms with E-state index in [1.54, 1.807) is 12.3 Å². The van der Waals surface area contributed by atoms with Gasteiger partial charge in [0.05, 0.1) is 0 Å². The minimum atomic E-state index is -3.66. The highest BCUT2D eigenvalue weighted by atomic mass is 32.2. The number of benzene rings is 1. The van der Waals surface area contributed by atoms with E-state index in [0.717, 1.165) is 24.2 Å². The molecule has 128 valence electrons. The van der Waals surface area contributed by atoms with Gasteiger partial charge in [-0.05, 0) is 55.0 Å². The van der Waals surface area contributed by atoms with Crippen LogP contribution in [-0.4, -0.2) is 31.7 Å². The van der Waals surface area contributed by atoms with Crippen molar-refractivity contribution in [2.75, 3.05) is 18.4 Å². The van der Waals surface area contributed by atoms with Gasteiger partial charge < -0.3 is 5.32 Å². The summed E-state index contributed by atoms with van der Waals surface area (Å²) in [7, 11) is -3.66. The summed E-state index contributed by atoms with van der Waals surface area (Å²) in [6.07, 6.45) is 1.67. The van der Waals surface area contributed by atoms with Gasteiger partial charge in [0, 0.05) is 18.8 Å². The Morgan fingerprint density at radius 2 is 1.96 bits per heavy atom. The zero-order chi connectivity index (χ0) is 17.3. The van der Waals surface area contributed by atoms with Crippen LogP contribution in [0.4, 0.5) is 10.1 Å². The molecule has 1 N–H and O–H groups in total. The predicted molar refractivity (Wildman–Crippen MR) is 91.4 cm³/mol. The van der Waals surface area contributed by atoms with E-state index in [9.17, 15) is 17.6 Å². The maximum Gasteiger partial charge on any atom is 0.267 e. The summed E-state index contributed by atoms with van der Waals surface area (Å²) in [5, 5.41) is 4.26. The molecule has 0 atom stereocenters. The Morgan fingerprint density at radius 3 is 2.62 bits per heavy atom. The quantitative estimate of drug-likeness (QED) is 0.901. The van der Waals surface area contributed by atoms with Crippen LogP contribution in [0.25, 0.3) is 0 Å². The molecule has 2 aromatic rings. The van der Waals surface area contributed by atoms with Gasteiger partial charge in [-0.3, -0.25) is 4.79 Å². The van der Waals surface area contributed by atoms with E-state index in [-0.39, 0.29) is 15.6 Å². The molecule has 1 amide bonds. The predicted octanol–water partition coefficient (Wildman–Crippen LogP) is 3.23. The Kier molecular flexibility index (Phi) is 4.71. The molecule has 1 aliphatic rings. The van der Waals surface area contributed by atoms with Gasteiger partial charge in [0.15, 0.2) is 0 Å².